The molecular formula is C22H22N4O4S. The van der Waals surface area contributed by atoms with Crippen molar-refractivity contribution in [3.63, 3.8) is 0 Å². The van der Waals surface area contributed by atoms with Crippen LogP contribution in [0.5, 0.6) is 17.2 Å². The number of benzene rings is 2. The fourth-order valence-electron chi connectivity index (χ4n) is 3.00. The third-order valence-electron chi connectivity index (χ3n) is 4.57. The van der Waals surface area contributed by atoms with Gasteiger partial charge in [0.25, 0.3) is 0 Å². The molecular weight excluding hydrogens is 416 g/mol. The molecule has 2 aromatic carbocycles. The number of carbonyl (C=O) groups is 1. The van der Waals surface area contributed by atoms with Gasteiger partial charge in [0.2, 0.25) is 16.8 Å². The van der Waals surface area contributed by atoms with E-state index in [-0.39, 0.29) is 11.9 Å². The maximum Gasteiger partial charge on any atom is 0.250 e. The largest absolute Gasteiger partial charge is 0.497 e. The highest BCUT2D eigenvalue weighted by Gasteiger charge is 2.14. The molecule has 0 saturated heterocycles. The van der Waals surface area contributed by atoms with Gasteiger partial charge < -0.3 is 14.2 Å². The zero-order valence-electron chi connectivity index (χ0n) is 17.2. The van der Waals surface area contributed by atoms with Gasteiger partial charge in [-0.05, 0) is 42.8 Å². The summed E-state index contributed by atoms with van der Waals surface area (Å²) in [5.74, 6) is 2.41. The van der Waals surface area contributed by atoms with Gasteiger partial charge in [-0.3, -0.25) is 10.1 Å². The van der Waals surface area contributed by atoms with Crippen molar-refractivity contribution >= 4 is 28.2 Å². The van der Waals surface area contributed by atoms with Crippen LogP contribution in [-0.4, -0.2) is 41.3 Å². The lowest BCUT2D eigenvalue weighted by molar-refractivity contribution is -0.116. The molecule has 0 aliphatic rings. The smallest absolute Gasteiger partial charge is 0.250 e. The molecule has 0 radical (unpaired) electrons. The highest BCUT2D eigenvalue weighted by Crippen LogP contribution is 2.28. The van der Waals surface area contributed by atoms with Crippen LogP contribution in [0.3, 0.4) is 0 Å². The molecule has 2 aromatic heterocycles. The molecule has 31 heavy (non-hydrogen) atoms. The molecule has 0 fully saturated rings. The van der Waals surface area contributed by atoms with E-state index < -0.39 is 0 Å². The molecule has 8 nitrogen and oxygen atoms in total. The first-order valence-corrected chi connectivity index (χ1v) is 10.6. The Bertz CT molecular complexity index is 1170. The summed E-state index contributed by atoms with van der Waals surface area (Å²) < 4.78 is 17.8. The zero-order valence-corrected chi connectivity index (χ0v) is 18.0. The van der Waals surface area contributed by atoms with E-state index in [1.165, 1.54) is 11.3 Å². The lowest BCUT2D eigenvalue weighted by atomic mass is 10.2. The van der Waals surface area contributed by atoms with Gasteiger partial charge in [0.15, 0.2) is 0 Å². The summed E-state index contributed by atoms with van der Waals surface area (Å²) in [5.41, 5.74) is 1.85. The Morgan fingerprint density at radius 2 is 1.84 bits per heavy atom. The van der Waals surface area contributed by atoms with Crippen LogP contribution < -0.4 is 19.5 Å². The summed E-state index contributed by atoms with van der Waals surface area (Å²) >= 11 is 1.46. The first kappa shape index (κ1) is 20.7. The topological polar surface area (TPSA) is 87.0 Å². The van der Waals surface area contributed by atoms with E-state index in [2.05, 4.69) is 15.4 Å². The second kappa shape index (κ2) is 9.48. The summed E-state index contributed by atoms with van der Waals surface area (Å²) in [6.45, 7) is 0.436. The molecule has 0 spiro atoms. The number of amides is 1. The van der Waals surface area contributed by atoms with Crippen molar-refractivity contribution in [1.29, 1.82) is 0 Å². The van der Waals surface area contributed by atoms with Crippen LogP contribution in [0.4, 0.5) is 5.95 Å². The molecule has 160 valence electrons. The minimum absolute atomic E-state index is 0.153. The molecule has 0 unspecified atom stereocenters. The lowest BCUT2D eigenvalue weighted by Crippen LogP contribution is -2.14. The number of nitrogens with zero attached hydrogens (tertiary/aromatic N) is 3. The van der Waals surface area contributed by atoms with Crippen LogP contribution in [0, 0.1) is 0 Å². The third kappa shape index (κ3) is 4.95. The number of fused-ring (bicyclic) bond motifs is 1. The fourth-order valence-corrected chi connectivity index (χ4v) is 3.83. The van der Waals surface area contributed by atoms with Gasteiger partial charge in [-0.15, -0.1) is 16.4 Å². The number of methoxy groups -OCH3 is 2. The summed E-state index contributed by atoms with van der Waals surface area (Å²) in [5, 5.41) is 9.18. The highest BCUT2D eigenvalue weighted by molar-refractivity contribution is 7.15. The van der Waals surface area contributed by atoms with E-state index in [9.17, 15) is 4.79 Å². The second-order valence-corrected chi connectivity index (χ2v) is 7.49. The molecule has 0 aliphatic heterocycles. The highest BCUT2D eigenvalue weighted by atomic mass is 32.1. The van der Waals surface area contributed by atoms with E-state index in [1.807, 2.05) is 53.9 Å². The number of carbonyl (C=O) groups excluding carboxylic acids is 1. The first-order valence-electron chi connectivity index (χ1n) is 9.71. The van der Waals surface area contributed by atoms with Gasteiger partial charge in [0, 0.05) is 17.4 Å². The quantitative estimate of drug-likeness (QED) is 0.393. The minimum atomic E-state index is -0.153. The van der Waals surface area contributed by atoms with E-state index >= 15 is 0 Å². The number of hydrogen-bond donors (Lipinski definition) is 1. The Labute approximate surface area is 183 Å². The van der Waals surface area contributed by atoms with Gasteiger partial charge in [0.1, 0.15) is 17.2 Å². The molecule has 4 aromatic rings. The van der Waals surface area contributed by atoms with Crippen molar-refractivity contribution < 1.29 is 19.0 Å². The van der Waals surface area contributed by atoms with Crippen molar-refractivity contribution in [2.45, 2.75) is 12.8 Å². The number of aromatic nitrogens is 3. The fraction of sp³-hybridized carbons (Fsp3) is 0.227. The summed E-state index contributed by atoms with van der Waals surface area (Å²) in [6, 6.07) is 15.1. The lowest BCUT2D eigenvalue weighted by Gasteiger charge is -2.06. The van der Waals surface area contributed by atoms with Crippen LogP contribution in [0.15, 0.2) is 53.9 Å². The Balaban J connectivity index is 1.32. The molecule has 1 amide bonds. The number of rotatable bonds is 9. The summed E-state index contributed by atoms with van der Waals surface area (Å²) in [4.78, 5) is 17.4. The second-order valence-electron chi connectivity index (χ2n) is 6.66. The van der Waals surface area contributed by atoms with Crippen LogP contribution in [-0.2, 0) is 4.79 Å². The average molecular weight is 439 g/mol. The van der Waals surface area contributed by atoms with Crippen LogP contribution in [0.2, 0.25) is 0 Å². The number of ether oxygens (including phenoxy) is 3. The number of thiazole rings is 1. The molecule has 4 rings (SSSR count). The van der Waals surface area contributed by atoms with E-state index in [1.54, 1.807) is 18.7 Å². The summed E-state index contributed by atoms with van der Waals surface area (Å²) in [7, 11) is 3.25. The molecule has 2 heterocycles. The van der Waals surface area contributed by atoms with Gasteiger partial charge >= 0.3 is 0 Å². The maximum absolute atomic E-state index is 12.3. The average Bonchev–Trinajstić information content (AvgIpc) is 3.37. The Hall–Kier alpha value is -3.59. The molecule has 0 atom stereocenters. The molecule has 9 heteroatoms. The predicted octanol–water partition coefficient (Wildman–Crippen LogP) is 4.27. The standard InChI is InChI=1S/C22H22N4O4S/c1-28-16-8-10-17(11-9-16)30-12-4-7-20(27)23-21-24-22-26(25-21)19(14-31-22)15-5-3-6-18(13-15)29-2/h3,5-6,8-11,13-14H,4,7,12H2,1-2H3,(H,23,25,27). The number of anilines is 1. The third-order valence-corrected chi connectivity index (χ3v) is 5.39. The zero-order chi connectivity index (χ0) is 21.6. The SMILES string of the molecule is COc1ccc(OCCCC(=O)Nc2nc3scc(-c4cccc(OC)c4)n3n2)cc1. The monoisotopic (exact) mass is 438 g/mol. The summed E-state index contributed by atoms with van der Waals surface area (Å²) in [6.07, 6.45) is 0.890. The molecule has 0 bridgehead atoms. The van der Waals surface area contributed by atoms with Gasteiger partial charge in [0.05, 0.1) is 26.5 Å². The van der Waals surface area contributed by atoms with Crippen molar-refractivity contribution in [3.8, 4) is 28.5 Å². The van der Waals surface area contributed by atoms with E-state index in [0.29, 0.717) is 24.4 Å². The number of nitrogens with one attached hydrogen (secondary N) is 1. The van der Waals surface area contributed by atoms with Crippen LogP contribution in [0.25, 0.3) is 16.2 Å². The van der Waals surface area contributed by atoms with Gasteiger partial charge in [-0.25, -0.2) is 4.52 Å². The van der Waals surface area contributed by atoms with Crippen molar-refractivity contribution in [2.24, 2.45) is 0 Å². The minimum Gasteiger partial charge on any atom is -0.497 e. The first-order chi connectivity index (χ1) is 15.2. The van der Waals surface area contributed by atoms with Crippen LogP contribution in [0.1, 0.15) is 12.8 Å². The predicted molar refractivity (Wildman–Crippen MR) is 119 cm³/mol. The Morgan fingerprint density at radius 3 is 2.61 bits per heavy atom. The van der Waals surface area contributed by atoms with Gasteiger partial charge in [-0.1, -0.05) is 12.1 Å². The number of hydrogen-bond acceptors (Lipinski definition) is 7. The van der Waals surface area contributed by atoms with Crippen molar-refractivity contribution in [3.05, 3.63) is 53.9 Å². The van der Waals surface area contributed by atoms with E-state index in [4.69, 9.17) is 14.2 Å². The maximum atomic E-state index is 12.3. The van der Waals surface area contributed by atoms with E-state index in [0.717, 1.165) is 28.5 Å². The van der Waals surface area contributed by atoms with Crippen molar-refractivity contribution in [2.75, 3.05) is 26.1 Å². The normalized spacial score (nSPS) is 10.8. The molecule has 0 saturated carbocycles. The molecule has 1 N–H and O–H groups in total. The van der Waals surface area contributed by atoms with Gasteiger partial charge in [-0.2, -0.15) is 4.98 Å². The Morgan fingerprint density at radius 1 is 1.06 bits per heavy atom. The van der Waals surface area contributed by atoms with Crippen molar-refractivity contribution in [1.82, 2.24) is 14.6 Å². The van der Waals surface area contributed by atoms with Crippen LogP contribution >= 0.6 is 11.3 Å². The Kier molecular flexibility index (Phi) is 6.32. The molecule has 0 aliphatic carbocycles.